The minimum absolute atomic E-state index is 0.102. The Morgan fingerprint density at radius 3 is 2.46 bits per heavy atom. The van der Waals surface area contributed by atoms with Crippen LogP contribution in [0.15, 0.2) is 54.6 Å². The second-order valence-corrected chi connectivity index (χ2v) is 6.85. The molecular weight excluding hydrogens is 386 g/mol. The van der Waals surface area contributed by atoms with Crippen LogP contribution in [0.25, 0.3) is 10.2 Å². The van der Waals surface area contributed by atoms with Crippen LogP contribution in [0, 0.1) is 11.6 Å². The highest BCUT2D eigenvalue weighted by Crippen LogP contribution is 2.30. The number of hydrogen-bond donors (Lipinski definition) is 3. The van der Waals surface area contributed by atoms with Crippen molar-refractivity contribution in [3.05, 3.63) is 76.7 Å². The summed E-state index contributed by atoms with van der Waals surface area (Å²) in [6.45, 7) is 0. The molecule has 2 amide bonds. The van der Waals surface area contributed by atoms with Crippen molar-refractivity contribution in [1.29, 1.82) is 0 Å². The highest BCUT2D eigenvalue weighted by molar-refractivity contribution is 7.20. The van der Waals surface area contributed by atoms with Crippen LogP contribution >= 0.6 is 11.3 Å². The van der Waals surface area contributed by atoms with Gasteiger partial charge >= 0.3 is 0 Å². The maximum Gasteiger partial charge on any atom is 0.265 e. The molecule has 0 aliphatic rings. The standard InChI is InChI=1S/C19H12F2N4O2S/c20-10-5-7-11(8-6-10)22-18(27)15-9-13-16(24-25-19(13)28-15)23-17(26)12-3-1-2-4-14(12)21/h1-9H,(H,22,27)(H2,23,24,25,26). The summed E-state index contributed by atoms with van der Waals surface area (Å²) >= 11 is 1.12. The van der Waals surface area contributed by atoms with Crippen LogP contribution in [0.5, 0.6) is 0 Å². The summed E-state index contributed by atoms with van der Waals surface area (Å²) in [6, 6.07) is 12.6. The van der Waals surface area contributed by atoms with Crippen LogP contribution < -0.4 is 10.6 Å². The Morgan fingerprint density at radius 1 is 0.964 bits per heavy atom. The number of aromatic amines is 1. The number of benzene rings is 2. The number of nitrogens with zero attached hydrogens (tertiary/aromatic N) is 1. The summed E-state index contributed by atoms with van der Waals surface area (Å²) in [6.07, 6.45) is 0. The lowest BCUT2D eigenvalue weighted by atomic mass is 10.2. The van der Waals surface area contributed by atoms with Crippen molar-refractivity contribution >= 4 is 44.9 Å². The van der Waals surface area contributed by atoms with E-state index < -0.39 is 17.5 Å². The zero-order valence-corrected chi connectivity index (χ0v) is 14.9. The number of H-pyrrole nitrogens is 1. The molecular formula is C19H12F2N4O2S. The summed E-state index contributed by atoms with van der Waals surface area (Å²) in [5, 5.41) is 12.5. The summed E-state index contributed by atoms with van der Waals surface area (Å²) in [5.41, 5.74) is 0.349. The largest absolute Gasteiger partial charge is 0.321 e. The van der Waals surface area contributed by atoms with Gasteiger partial charge in [0.05, 0.1) is 15.8 Å². The molecule has 0 aliphatic carbocycles. The van der Waals surface area contributed by atoms with Crippen molar-refractivity contribution in [2.24, 2.45) is 0 Å². The van der Waals surface area contributed by atoms with E-state index in [4.69, 9.17) is 0 Å². The van der Waals surface area contributed by atoms with Gasteiger partial charge in [0.2, 0.25) is 0 Å². The van der Waals surface area contributed by atoms with Gasteiger partial charge in [0, 0.05) is 5.69 Å². The van der Waals surface area contributed by atoms with Gasteiger partial charge in [-0.25, -0.2) is 8.78 Å². The fraction of sp³-hybridized carbons (Fsp3) is 0. The molecule has 28 heavy (non-hydrogen) atoms. The van der Waals surface area contributed by atoms with Crippen molar-refractivity contribution < 1.29 is 18.4 Å². The van der Waals surface area contributed by atoms with E-state index in [-0.39, 0.29) is 17.3 Å². The van der Waals surface area contributed by atoms with Gasteiger partial charge in [-0.2, -0.15) is 5.10 Å². The highest BCUT2D eigenvalue weighted by Gasteiger charge is 2.18. The zero-order valence-electron chi connectivity index (χ0n) is 14.1. The fourth-order valence-electron chi connectivity index (χ4n) is 2.57. The highest BCUT2D eigenvalue weighted by atomic mass is 32.1. The van der Waals surface area contributed by atoms with E-state index in [2.05, 4.69) is 20.8 Å². The smallest absolute Gasteiger partial charge is 0.265 e. The van der Waals surface area contributed by atoms with E-state index in [1.165, 1.54) is 42.5 Å². The SMILES string of the molecule is O=C(Nc1ccc(F)cc1)c1cc2c(NC(=O)c3ccccc3F)[nH]nc2s1. The van der Waals surface area contributed by atoms with Gasteiger partial charge in [-0.05, 0) is 42.5 Å². The van der Waals surface area contributed by atoms with Gasteiger partial charge in [0.1, 0.15) is 22.3 Å². The second kappa shape index (κ2) is 7.20. The molecule has 4 aromatic rings. The molecule has 0 atom stereocenters. The Hall–Kier alpha value is -3.59. The molecule has 140 valence electrons. The molecule has 0 fully saturated rings. The summed E-state index contributed by atoms with van der Waals surface area (Å²) in [4.78, 5) is 25.5. The number of rotatable bonds is 4. The topological polar surface area (TPSA) is 86.9 Å². The Labute approximate surface area is 161 Å². The zero-order chi connectivity index (χ0) is 19.7. The van der Waals surface area contributed by atoms with Gasteiger partial charge < -0.3 is 10.6 Å². The number of thiophene rings is 1. The number of carbonyl (C=O) groups excluding carboxylic acids is 2. The lowest BCUT2D eigenvalue weighted by Crippen LogP contribution is -2.14. The number of halogens is 2. The van der Waals surface area contributed by atoms with Crippen LogP contribution in [0.1, 0.15) is 20.0 Å². The van der Waals surface area contributed by atoms with Crippen LogP contribution in [0.4, 0.5) is 20.3 Å². The summed E-state index contributed by atoms with van der Waals surface area (Å²) in [7, 11) is 0. The third-order valence-electron chi connectivity index (χ3n) is 3.93. The van der Waals surface area contributed by atoms with Gasteiger partial charge in [-0.3, -0.25) is 14.7 Å². The predicted molar refractivity (Wildman–Crippen MR) is 103 cm³/mol. The van der Waals surface area contributed by atoms with E-state index in [1.807, 2.05) is 0 Å². The second-order valence-electron chi connectivity index (χ2n) is 5.82. The molecule has 0 saturated heterocycles. The molecule has 0 radical (unpaired) electrons. The first-order valence-electron chi connectivity index (χ1n) is 8.12. The number of carbonyl (C=O) groups is 2. The average Bonchev–Trinajstić information content (AvgIpc) is 3.26. The van der Waals surface area contributed by atoms with Gasteiger partial charge in [0.25, 0.3) is 11.8 Å². The Bertz CT molecular complexity index is 1180. The molecule has 2 aromatic heterocycles. The number of fused-ring (bicyclic) bond motifs is 1. The van der Waals surface area contributed by atoms with Crippen molar-refractivity contribution in [3.8, 4) is 0 Å². The molecule has 3 N–H and O–H groups in total. The van der Waals surface area contributed by atoms with Crippen LogP contribution in [0.2, 0.25) is 0 Å². The fourth-order valence-corrected chi connectivity index (χ4v) is 3.46. The van der Waals surface area contributed by atoms with Gasteiger partial charge in [0.15, 0.2) is 0 Å². The van der Waals surface area contributed by atoms with Crippen molar-refractivity contribution in [2.45, 2.75) is 0 Å². The lowest BCUT2D eigenvalue weighted by Gasteiger charge is -2.04. The number of aromatic nitrogens is 2. The number of amides is 2. The van der Waals surface area contributed by atoms with E-state index in [9.17, 15) is 18.4 Å². The normalized spacial score (nSPS) is 10.8. The molecule has 0 spiro atoms. The van der Waals surface area contributed by atoms with Crippen LogP contribution in [-0.2, 0) is 0 Å². The first-order valence-corrected chi connectivity index (χ1v) is 8.93. The molecule has 2 aromatic carbocycles. The maximum absolute atomic E-state index is 13.8. The van der Waals surface area contributed by atoms with E-state index in [1.54, 1.807) is 12.1 Å². The number of anilines is 2. The van der Waals surface area contributed by atoms with E-state index in [0.29, 0.717) is 20.8 Å². The minimum Gasteiger partial charge on any atom is -0.321 e. The van der Waals surface area contributed by atoms with Crippen molar-refractivity contribution in [2.75, 3.05) is 10.6 Å². The minimum atomic E-state index is -0.638. The van der Waals surface area contributed by atoms with E-state index in [0.717, 1.165) is 11.3 Å². The molecule has 0 bridgehead atoms. The van der Waals surface area contributed by atoms with Crippen LogP contribution in [0.3, 0.4) is 0 Å². The molecule has 0 unspecified atom stereocenters. The first kappa shape index (κ1) is 17.8. The van der Waals surface area contributed by atoms with Crippen LogP contribution in [-0.4, -0.2) is 22.0 Å². The summed E-state index contributed by atoms with van der Waals surface area (Å²) < 4.78 is 26.7. The number of nitrogens with one attached hydrogen (secondary N) is 3. The molecule has 2 heterocycles. The Morgan fingerprint density at radius 2 is 1.71 bits per heavy atom. The quantitative estimate of drug-likeness (QED) is 0.476. The Kier molecular flexibility index (Phi) is 4.58. The lowest BCUT2D eigenvalue weighted by molar-refractivity contribution is 0.101. The molecule has 6 nitrogen and oxygen atoms in total. The Balaban J connectivity index is 1.55. The maximum atomic E-state index is 13.8. The third-order valence-corrected chi connectivity index (χ3v) is 4.96. The van der Waals surface area contributed by atoms with Crippen molar-refractivity contribution in [1.82, 2.24) is 10.2 Å². The van der Waals surface area contributed by atoms with Gasteiger partial charge in [-0.15, -0.1) is 11.3 Å². The third kappa shape index (κ3) is 3.47. The van der Waals surface area contributed by atoms with Gasteiger partial charge in [-0.1, -0.05) is 12.1 Å². The molecule has 9 heteroatoms. The van der Waals surface area contributed by atoms with E-state index >= 15 is 0 Å². The number of hydrogen-bond acceptors (Lipinski definition) is 4. The first-order chi connectivity index (χ1) is 13.5. The molecule has 0 saturated carbocycles. The average molecular weight is 398 g/mol. The monoisotopic (exact) mass is 398 g/mol. The van der Waals surface area contributed by atoms with Crippen molar-refractivity contribution in [3.63, 3.8) is 0 Å². The molecule has 0 aliphatic heterocycles. The summed E-state index contributed by atoms with van der Waals surface area (Å²) in [5.74, 6) is -1.79. The predicted octanol–water partition coefficient (Wildman–Crippen LogP) is 4.41. The molecule has 4 rings (SSSR count).